The minimum Gasteiger partial charge on any atom is -0.352 e. The van der Waals surface area contributed by atoms with Crippen LogP contribution in [0.25, 0.3) is 0 Å². The zero-order valence-electron chi connectivity index (χ0n) is 9.61. The molecule has 1 aromatic rings. The maximum Gasteiger partial charge on any atom is 0.234 e. The molecule has 0 bridgehead atoms. The maximum atomic E-state index is 11.6. The highest BCUT2D eigenvalue weighted by Gasteiger charge is 2.23. The Morgan fingerprint density at radius 1 is 1.62 bits per heavy atom. The highest BCUT2D eigenvalue weighted by Crippen LogP contribution is 2.18. The van der Waals surface area contributed by atoms with Gasteiger partial charge >= 0.3 is 0 Å². The lowest BCUT2D eigenvalue weighted by molar-refractivity contribution is -0.122. The van der Waals surface area contributed by atoms with E-state index in [-0.39, 0.29) is 5.91 Å². The van der Waals surface area contributed by atoms with Gasteiger partial charge in [0.05, 0.1) is 6.54 Å². The van der Waals surface area contributed by atoms with Crippen LogP contribution in [0.2, 0.25) is 0 Å². The van der Waals surface area contributed by atoms with Gasteiger partial charge in [0.1, 0.15) is 0 Å². The average Bonchev–Trinajstić information content (AvgIpc) is 2.92. The third-order valence-electron chi connectivity index (χ3n) is 2.72. The molecule has 0 unspecified atom stereocenters. The van der Waals surface area contributed by atoms with E-state index in [1.54, 1.807) is 11.3 Å². The van der Waals surface area contributed by atoms with Crippen molar-refractivity contribution in [3.8, 4) is 0 Å². The first-order valence-electron chi connectivity index (χ1n) is 5.82. The number of nitrogens with one attached hydrogen (secondary N) is 1. The van der Waals surface area contributed by atoms with E-state index in [0.29, 0.717) is 12.6 Å². The van der Waals surface area contributed by atoms with Gasteiger partial charge in [-0.3, -0.25) is 9.69 Å². The predicted octanol–water partition coefficient (Wildman–Crippen LogP) is 1.85. The first kappa shape index (κ1) is 11.6. The van der Waals surface area contributed by atoms with E-state index in [9.17, 15) is 4.79 Å². The number of thiophene rings is 1. The molecular weight excluding hydrogens is 220 g/mol. The topological polar surface area (TPSA) is 32.3 Å². The maximum absolute atomic E-state index is 11.6. The Kier molecular flexibility index (Phi) is 3.96. The van der Waals surface area contributed by atoms with Gasteiger partial charge in [0, 0.05) is 17.5 Å². The highest BCUT2D eigenvalue weighted by molar-refractivity contribution is 7.09. The second kappa shape index (κ2) is 5.46. The Morgan fingerprint density at radius 3 is 3.00 bits per heavy atom. The average molecular weight is 238 g/mol. The summed E-state index contributed by atoms with van der Waals surface area (Å²) in [6, 6.07) is 4.64. The molecule has 1 N–H and O–H groups in total. The monoisotopic (exact) mass is 238 g/mol. The van der Waals surface area contributed by atoms with Crippen LogP contribution in [-0.4, -0.2) is 29.9 Å². The van der Waals surface area contributed by atoms with Gasteiger partial charge in [0.2, 0.25) is 5.91 Å². The molecule has 0 aromatic carbocycles. The van der Waals surface area contributed by atoms with Gasteiger partial charge in [-0.25, -0.2) is 0 Å². The van der Waals surface area contributed by atoms with Gasteiger partial charge in [0.25, 0.3) is 0 Å². The molecule has 1 aromatic heterocycles. The third kappa shape index (κ3) is 3.61. The molecule has 1 saturated carbocycles. The second-order valence-electron chi connectivity index (χ2n) is 4.22. The Labute approximate surface area is 100 Å². The summed E-state index contributed by atoms with van der Waals surface area (Å²) in [5.74, 6) is 0.168. The van der Waals surface area contributed by atoms with Gasteiger partial charge in [0.15, 0.2) is 0 Å². The Bertz CT molecular complexity index is 333. The lowest BCUT2D eigenvalue weighted by Crippen LogP contribution is -2.37. The molecule has 1 amide bonds. The molecule has 0 spiro atoms. The standard InChI is InChI=1S/C12H18N2OS/c1-2-14(8-11-4-3-7-16-11)9-12(15)13-10-5-6-10/h3-4,7,10H,2,5-6,8-9H2,1H3,(H,13,15). The molecule has 0 radical (unpaired) electrons. The number of hydrogen-bond acceptors (Lipinski definition) is 3. The summed E-state index contributed by atoms with van der Waals surface area (Å²) in [5, 5.41) is 5.10. The summed E-state index contributed by atoms with van der Waals surface area (Å²) in [6.07, 6.45) is 2.31. The van der Waals surface area contributed by atoms with Gasteiger partial charge in [-0.2, -0.15) is 0 Å². The van der Waals surface area contributed by atoms with Crippen molar-refractivity contribution in [3.63, 3.8) is 0 Å². The first-order valence-corrected chi connectivity index (χ1v) is 6.70. The molecule has 0 atom stereocenters. The molecule has 1 aliphatic carbocycles. The van der Waals surface area contributed by atoms with E-state index in [2.05, 4.69) is 34.7 Å². The lowest BCUT2D eigenvalue weighted by Gasteiger charge is -2.18. The van der Waals surface area contributed by atoms with Crippen molar-refractivity contribution in [2.75, 3.05) is 13.1 Å². The third-order valence-corrected chi connectivity index (χ3v) is 3.58. The van der Waals surface area contributed by atoms with Crippen LogP contribution in [0.5, 0.6) is 0 Å². The largest absolute Gasteiger partial charge is 0.352 e. The number of hydrogen-bond donors (Lipinski definition) is 1. The Morgan fingerprint density at radius 2 is 2.44 bits per heavy atom. The lowest BCUT2D eigenvalue weighted by atomic mass is 10.4. The van der Waals surface area contributed by atoms with E-state index in [0.717, 1.165) is 25.9 Å². The van der Waals surface area contributed by atoms with Gasteiger partial charge in [-0.15, -0.1) is 11.3 Å². The van der Waals surface area contributed by atoms with E-state index >= 15 is 0 Å². The number of carbonyl (C=O) groups excluding carboxylic acids is 1. The fourth-order valence-corrected chi connectivity index (χ4v) is 2.35. The molecule has 1 heterocycles. The molecule has 88 valence electrons. The summed E-state index contributed by atoms with van der Waals surface area (Å²) < 4.78 is 0. The van der Waals surface area contributed by atoms with Crippen LogP contribution in [0.4, 0.5) is 0 Å². The zero-order valence-corrected chi connectivity index (χ0v) is 10.4. The fraction of sp³-hybridized carbons (Fsp3) is 0.583. The summed E-state index contributed by atoms with van der Waals surface area (Å²) in [7, 11) is 0. The van der Waals surface area contributed by atoms with Crippen LogP contribution in [0.15, 0.2) is 17.5 Å². The number of likely N-dealkylation sites (N-methyl/N-ethyl adjacent to an activating group) is 1. The Hall–Kier alpha value is -0.870. The molecular formula is C12H18N2OS. The fourth-order valence-electron chi connectivity index (χ4n) is 1.61. The normalized spacial score (nSPS) is 15.4. The van der Waals surface area contributed by atoms with Gasteiger partial charge in [-0.1, -0.05) is 13.0 Å². The second-order valence-corrected chi connectivity index (χ2v) is 5.26. The van der Waals surface area contributed by atoms with Crippen molar-refractivity contribution in [1.82, 2.24) is 10.2 Å². The van der Waals surface area contributed by atoms with Crippen LogP contribution < -0.4 is 5.32 Å². The van der Waals surface area contributed by atoms with Gasteiger partial charge < -0.3 is 5.32 Å². The molecule has 2 rings (SSSR count). The number of nitrogens with zero attached hydrogens (tertiary/aromatic N) is 1. The van der Waals surface area contributed by atoms with E-state index < -0.39 is 0 Å². The van der Waals surface area contributed by atoms with Crippen molar-refractivity contribution in [1.29, 1.82) is 0 Å². The van der Waals surface area contributed by atoms with Crippen LogP contribution in [0.1, 0.15) is 24.6 Å². The van der Waals surface area contributed by atoms with Crippen LogP contribution in [0, 0.1) is 0 Å². The van der Waals surface area contributed by atoms with E-state index in [4.69, 9.17) is 0 Å². The molecule has 4 heteroatoms. The van der Waals surface area contributed by atoms with E-state index in [1.807, 2.05) is 0 Å². The predicted molar refractivity (Wildman–Crippen MR) is 66.4 cm³/mol. The molecule has 1 fully saturated rings. The van der Waals surface area contributed by atoms with Gasteiger partial charge in [-0.05, 0) is 30.8 Å². The molecule has 0 saturated heterocycles. The van der Waals surface area contributed by atoms with Crippen molar-refractivity contribution in [3.05, 3.63) is 22.4 Å². The summed E-state index contributed by atoms with van der Waals surface area (Å²) in [4.78, 5) is 15.1. The number of carbonyl (C=O) groups is 1. The molecule has 1 aliphatic rings. The summed E-state index contributed by atoms with van der Waals surface area (Å²) >= 11 is 1.75. The Balaban J connectivity index is 1.77. The van der Waals surface area contributed by atoms with E-state index in [1.165, 1.54) is 4.88 Å². The molecule has 3 nitrogen and oxygen atoms in total. The van der Waals surface area contributed by atoms with Crippen molar-refractivity contribution >= 4 is 17.2 Å². The van der Waals surface area contributed by atoms with Crippen molar-refractivity contribution < 1.29 is 4.79 Å². The minimum absolute atomic E-state index is 0.168. The minimum atomic E-state index is 0.168. The quantitative estimate of drug-likeness (QED) is 0.820. The van der Waals surface area contributed by atoms with Crippen molar-refractivity contribution in [2.24, 2.45) is 0 Å². The van der Waals surface area contributed by atoms with Crippen molar-refractivity contribution in [2.45, 2.75) is 32.4 Å². The first-order chi connectivity index (χ1) is 7.78. The molecule has 0 aliphatic heterocycles. The summed E-state index contributed by atoms with van der Waals surface area (Å²) in [5.41, 5.74) is 0. The van der Waals surface area contributed by atoms with Crippen LogP contribution >= 0.6 is 11.3 Å². The number of amides is 1. The SMILES string of the molecule is CCN(CC(=O)NC1CC1)Cc1cccs1. The molecule has 16 heavy (non-hydrogen) atoms. The summed E-state index contributed by atoms with van der Waals surface area (Å²) in [6.45, 7) is 4.41. The smallest absolute Gasteiger partial charge is 0.234 e. The van der Waals surface area contributed by atoms with Crippen LogP contribution in [-0.2, 0) is 11.3 Å². The number of rotatable bonds is 6. The van der Waals surface area contributed by atoms with Crippen LogP contribution in [0.3, 0.4) is 0 Å². The zero-order chi connectivity index (χ0) is 11.4. The highest BCUT2D eigenvalue weighted by atomic mass is 32.1.